The van der Waals surface area contributed by atoms with Gasteiger partial charge in [0.25, 0.3) is 20.9 Å². The average Bonchev–Trinajstić information content (AvgIpc) is 2.76. The maximum atomic E-state index is 13.7. The van der Waals surface area contributed by atoms with Crippen LogP contribution in [0.1, 0.15) is 5.56 Å². The zero-order chi connectivity index (χ0) is 23.6. The molecule has 0 amide bonds. The van der Waals surface area contributed by atoms with Crippen molar-refractivity contribution in [3.63, 3.8) is 0 Å². The molecular formula is C20H19ClFN3O6S. The van der Waals surface area contributed by atoms with Crippen molar-refractivity contribution in [1.29, 1.82) is 0 Å². The summed E-state index contributed by atoms with van der Waals surface area (Å²) in [7, 11) is -2.09. The van der Waals surface area contributed by atoms with Gasteiger partial charge in [-0.05, 0) is 30.2 Å². The second kappa shape index (κ2) is 9.25. The predicted octanol–water partition coefficient (Wildman–Crippen LogP) is 2.36. The first-order valence-electron chi connectivity index (χ1n) is 9.21. The van der Waals surface area contributed by atoms with Gasteiger partial charge < -0.3 is 15.7 Å². The van der Waals surface area contributed by atoms with Gasteiger partial charge in [-0.15, -0.1) is 0 Å². The number of nitrogens with one attached hydrogen (secondary N) is 2. The molecule has 3 aromatic rings. The summed E-state index contributed by atoms with van der Waals surface area (Å²) in [5, 5.41) is 15.6. The molecule has 0 heterocycles. The number of nitrogens with zero attached hydrogens (tertiary/aromatic N) is 1. The van der Waals surface area contributed by atoms with Crippen LogP contribution in [0.4, 0.5) is 21.5 Å². The van der Waals surface area contributed by atoms with Crippen LogP contribution in [-0.2, 0) is 21.3 Å². The largest absolute Gasteiger partial charge is 0.504 e. The van der Waals surface area contributed by atoms with Crippen LogP contribution in [0, 0.1) is 5.82 Å². The van der Waals surface area contributed by atoms with Gasteiger partial charge in [-0.25, -0.2) is 12.8 Å². The number of rotatable bonds is 9. The van der Waals surface area contributed by atoms with Gasteiger partial charge in [0.15, 0.2) is 5.75 Å². The molecule has 0 aliphatic heterocycles. The molecule has 0 saturated carbocycles. The summed E-state index contributed by atoms with van der Waals surface area (Å²) in [5.74, 6) is -1.15. The minimum Gasteiger partial charge on any atom is -0.504 e. The monoisotopic (exact) mass is 483 g/mol. The van der Waals surface area contributed by atoms with Gasteiger partial charge in [-0.3, -0.25) is 14.4 Å². The SMILES string of the molecule is CON(C)S(=O)(=O)c1c(Cl)ccc(Nc2c(NCCc3ccccc3F)c(=O)c2=O)c1O. The lowest BCUT2D eigenvalue weighted by molar-refractivity contribution is -0.0259. The first kappa shape index (κ1) is 23.7. The average molecular weight is 484 g/mol. The molecule has 3 aromatic carbocycles. The lowest BCUT2D eigenvalue weighted by Gasteiger charge is -2.19. The van der Waals surface area contributed by atoms with Crippen LogP contribution >= 0.6 is 11.6 Å². The van der Waals surface area contributed by atoms with Crippen molar-refractivity contribution < 1.29 is 22.8 Å². The number of anilines is 3. The quantitative estimate of drug-likeness (QED) is 0.241. The highest BCUT2D eigenvalue weighted by Crippen LogP contribution is 2.39. The van der Waals surface area contributed by atoms with Crippen molar-refractivity contribution in [3.05, 3.63) is 73.2 Å². The van der Waals surface area contributed by atoms with E-state index in [9.17, 15) is 27.5 Å². The van der Waals surface area contributed by atoms with Crippen molar-refractivity contribution in [3.8, 4) is 5.75 Å². The number of aromatic hydroxyl groups is 1. The minimum absolute atomic E-state index is 0.0564. The number of hydrogen-bond acceptors (Lipinski definition) is 8. The van der Waals surface area contributed by atoms with Crippen molar-refractivity contribution in [2.75, 3.05) is 31.3 Å². The number of phenols is 1. The number of halogens is 2. The molecule has 170 valence electrons. The Kier molecular flexibility index (Phi) is 6.84. The van der Waals surface area contributed by atoms with Gasteiger partial charge in [0, 0.05) is 13.6 Å². The summed E-state index contributed by atoms with van der Waals surface area (Å²) in [6.07, 6.45) is 0.253. The van der Waals surface area contributed by atoms with Crippen LogP contribution in [0.2, 0.25) is 5.02 Å². The smallest absolute Gasteiger partial charge is 0.269 e. The lowest BCUT2D eigenvalue weighted by atomic mass is 10.1. The fraction of sp³-hybridized carbons (Fsp3) is 0.200. The Morgan fingerprint density at radius 3 is 2.44 bits per heavy atom. The van der Waals surface area contributed by atoms with E-state index in [1.807, 2.05) is 0 Å². The third-order valence-electron chi connectivity index (χ3n) is 4.76. The van der Waals surface area contributed by atoms with E-state index in [0.717, 1.165) is 14.2 Å². The van der Waals surface area contributed by atoms with Crippen molar-refractivity contribution >= 4 is 38.7 Å². The Balaban J connectivity index is 1.86. The Morgan fingerprint density at radius 2 is 1.78 bits per heavy atom. The van der Waals surface area contributed by atoms with Gasteiger partial charge >= 0.3 is 0 Å². The molecule has 0 aromatic heterocycles. The molecular weight excluding hydrogens is 465 g/mol. The number of sulfonamides is 1. The van der Waals surface area contributed by atoms with E-state index in [1.54, 1.807) is 18.2 Å². The molecule has 12 heteroatoms. The highest BCUT2D eigenvalue weighted by atomic mass is 35.5. The number of hydrogen-bond donors (Lipinski definition) is 3. The van der Waals surface area contributed by atoms with Gasteiger partial charge in [-0.2, -0.15) is 0 Å². The summed E-state index contributed by atoms with van der Waals surface area (Å²) in [5.41, 5.74) is -1.60. The van der Waals surface area contributed by atoms with Crippen LogP contribution in [0.25, 0.3) is 0 Å². The second-order valence-electron chi connectivity index (χ2n) is 6.67. The molecule has 0 fully saturated rings. The van der Waals surface area contributed by atoms with Crippen molar-refractivity contribution in [2.45, 2.75) is 11.3 Å². The molecule has 0 radical (unpaired) electrons. The zero-order valence-electron chi connectivity index (χ0n) is 17.0. The Hall–Kier alpha value is -2.99. The fourth-order valence-corrected chi connectivity index (χ4v) is 4.52. The summed E-state index contributed by atoms with van der Waals surface area (Å²) in [4.78, 5) is 28.1. The molecule has 32 heavy (non-hydrogen) atoms. The van der Waals surface area contributed by atoms with E-state index in [2.05, 4.69) is 15.5 Å². The summed E-state index contributed by atoms with van der Waals surface area (Å²) >= 11 is 5.97. The maximum Gasteiger partial charge on any atom is 0.269 e. The van der Waals surface area contributed by atoms with E-state index in [-0.39, 0.29) is 35.1 Å². The number of phenolic OH excluding ortho intramolecular Hbond substituents is 1. The van der Waals surface area contributed by atoms with Crippen molar-refractivity contribution in [1.82, 2.24) is 4.47 Å². The molecule has 0 aliphatic rings. The van der Waals surface area contributed by atoms with Crippen LogP contribution in [0.5, 0.6) is 5.75 Å². The van der Waals surface area contributed by atoms with E-state index in [0.29, 0.717) is 10.0 Å². The van der Waals surface area contributed by atoms with Gasteiger partial charge in [0.2, 0.25) is 0 Å². The van der Waals surface area contributed by atoms with Crippen LogP contribution in [0.3, 0.4) is 0 Å². The highest BCUT2D eigenvalue weighted by molar-refractivity contribution is 7.89. The molecule has 0 saturated heterocycles. The summed E-state index contributed by atoms with van der Waals surface area (Å²) < 4.78 is 39.4. The molecule has 0 atom stereocenters. The highest BCUT2D eigenvalue weighted by Gasteiger charge is 2.30. The number of hydroxylamine groups is 1. The third-order valence-corrected chi connectivity index (χ3v) is 6.94. The molecule has 0 unspecified atom stereocenters. The number of benzene rings is 2. The molecule has 0 aliphatic carbocycles. The molecule has 3 rings (SSSR count). The molecule has 0 bridgehead atoms. The van der Waals surface area contributed by atoms with Gasteiger partial charge in [0.1, 0.15) is 22.1 Å². The topological polar surface area (TPSA) is 125 Å². The maximum absolute atomic E-state index is 13.7. The first-order chi connectivity index (χ1) is 15.1. The van der Waals surface area contributed by atoms with Crippen LogP contribution < -0.4 is 21.5 Å². The third kappa shape index (κ3) is 4.32. The van der Waals surface area contributed by atoms with E-state index in [4.69, 9.17) is 11.6 Å². The molecule has 0 spiro atoms. The summed E-state index contributed by atoms with van der Waals surface area (Å²) in [6.45, 7) is 0.158. The van der Waals surface area contributed by atoms with Gasteiger partial charge in [0.05, 0.1) is 17.8 Å². The van der Waals surface area contributed by atoms with E-state index >= 15 is 0 Å². The molecule has 9 nitrogen and oxygen atoms in total. The fourth-order valence-electron chi connectivity index (χ4n) is 2.96. The van der Waals surface area contributed by atoms with Crippen LogP contribution in [-0.4, -0.2) is 38.7 Å². The standard InChI is InChI=1S/C20H19ClFN3O6S/c1-25(31-2)32(29,30)20-12(21)7-8-14(17(20)26)24-16-15(18(27)19(16)28)23-10-9-11-5-3-4-6-13(11)22/h3-8,23-24,26H,9-10H2,1-2H3. The minimum atomic E-state index is -4.31. The van der Waals surface area contributed by atoms with E-state index in [1.165, 1.54) is 18.2 Å². The van der Waals surface area contributed by atoms with Gasteiger partial charge in [-0.1, -0.05) is 34.3 Å². The Bertz CT molecular complexity index is 1340. The second-order valence-corrected chi connectivity index (χ2v) is 8.95. The first-order valence-corrected chi connectivity index (χ1v) is 11.0. The Labute approximate surface area is 187 Å². The normalized spacial score (nSPS) is 11.8. The van der Waals surface area contributed by atoms with Crippen LogP contribution in [0.15, 0.2) is 50.9 Å². The predicted molar refractivity (Wildman–Crippen MR) is 118 cm³/mol. The van der Waals surface area contributed by atoms with Crippen molar-refractivity contribution in [2.24, 2.45) is 0 Å². The molecule has 3 N–H and O–H groups in total. The Morgan fingerprint density at radius 1 is 1.12 bits per heavy atom. The zero-order valence-corrected chi connectivity index (χ0v) is 18.6. The summed E-state index contributed by atoms with van der Waals surface area (Å²) in [6, 6.07) is 8.61. The lowest BCUT2D eigenvalue weighted by Crippen LogP contribution is -2.37. The van der Waals surface area contributed by atoms with E-state index < -0.39 is 37.3 Å².